The summed E-state index contributed by atoms with van der Waals surface area (Å²) in [6.45, 7) is 3.29. The predicted molar refractivity (Wildman–Crippen MR) is 91.4 cm³/mol. The summed E-state index contributed by atoms with van der Waals surface area (Å²) in [7, 11) is 0. The molecule has 0 amide bonds. The first-order valence-corrected chi connectivity index (χ1v) is 9.05. The molecule has 1 atom stereocenters. The Hall–Kier alpha value is -0.0500. The lowest BCUT2D eigenvalue weighted by Crippen LogP contribution is -2.25. The first-order valence-electron chi connectivity index (χ1n) is 7.88. The molecular weight excluding hydrogens is 334 g/mol. The zero-order valence-corrected chi connectivity index (χ0v) is 14.6. The number of halogens is 2. The maximum Gasteiger partial charge on any atom is 0.0420 e. The third-order valence-corrected chi connectivity index (χ3v) is 4.90. The van der Waals surface area contributed by atoms with Gasteiger partial charge in [0, 0.05) is 15.5 Å². The lowest BCUT2D eigenvalue weighted by atomic mass is 9.83. The van der Waals surface area contributed by atoms with Crippen LogP contribution in [0.1, 0.15) is 63.5 Å². The molecule has 3 heteroatoms. The summed E-state index contributed by atoms with van der Waals surface area (Å²) >= 11 is 9.78. The molecule has 1 aromatic carbocycles. The van der Waals surface area contributed by atoms with Gasteiger partial charge in [-0.05, 0) is 49.1 Å². The van der Waals surface area contributed by atoms with Crippen LogP contribution >= 0.6 is 27.5 Å². The summed E-state index contributed by atoms with van der Waals surface area (Å²) < 4.78 is 1.08. The van der Waals surface area contributed by atoms with Crippen molar-refractivity contribution >= 4 is 27.5 Å². The second-order valence-corrected chi connectivity index (χ2v) is 7.30. The highest BCUT2D eigenvalue weighted by atomic mass is 79.9. The van der Waals surface area contributed by atoms with Gasteiger partial charge in [-0.3, -0.25) is 0 Å². The lowest BCUT2D eigenvalue weighted by Gasteiger charge is -2.28. The van der Waals surface area contributed by atoms with Crippen molar-refractivity contribution in [3.63, 3.8) is 0 Å². The van der Waals surface area contributed by atoms with Crippen molar-refractivity contribution in [1.29, 1.82) is 0 Å². The van der Waals surface area contributed by atoms with Crippen LogP contribution in [0.2, 0.25) is 5.02 Å². The molecule has 1 saturated carbocycles. The summed E-state index contributed by atoms with van der Waals surface area (Å²) in [6, 6.07) is 6.72. The van der Waals surface area contributed by atoms with Crippen LogP contribution in [0.4, 0.5) is 0 Å². The van der Waals surface area contributed by atoms with E-state index in [0.717, 1.165) is 22.0 Å². The predicted octanol–water partition coefficient (Wildman–Crippen LogP) is 6.11. The highest BCUT2D eigenvalue weighted by molar-refractivity contribution is 9.10. The second-order valence-electron chi connectivity index (χ2n) is 5.95. The second kappa shape index (κ2) is 8.41. The van der Waals surface area contributed by atoms with E-state index in [9.17, 15) is 0 Å². The molecule has 1 aliphatic rings. The van der Waals surface area contributed by atoms with Gasteiger partial charge in [0.25, 0.3) is 0 Å². The van der Waals surface area contributed by atoms with Gasteiger partial charge in [0.2, 0.25) is 0 Å². The van der Waals surface area contributed by atoms with Gasteiger partial charge in [0.1, 0.15) is 0 Å². The monoisotopic (exact) mass is 357 g/mol. The first kappa shape index (κ1) is 16.3. The highest BCUT2D eigenvalue weighted by Crippen LogP contribution is 2.33. The van der Waals surface area contributed by atoms with Crippen LogP contribution in [-0.2, 0) is 0 Å². The Morgan fingerprint density at radius 3 is 2.65 bits per heavy atom. The number of hydrogen-bond donors (Lipinski definition) is 1. The fraction of sp³-hybridized carbons (Fsp3) is 0.647. The van der Waals surface area contributed by atoms with Crippen molar-refractivity contribution in [3.05, 3.63) is 33.3 Å². The van der Waals surface area contributed by atoms with E-state index in [1.165, 1.54) is 50.5 Å². The maximum atomic E-state index is 6.21. The van der Waals surface area contributed by atoms with Crippen molar-refractivity contribution < 1.29 is 0 Å². The summed E-state index contributed by atoms with van der Waals surface area (Å²) in [5, 5.41) is 4.53. The van der Waals surface area contributed by atoms with Crippen LogP contribution in [0.3, 0.4) is 0 Å². The molecule has 20 heavy (non-hydrogen) atoms. The summed E-state index contributed by atoms with van der Waals surface area (Å²) in [4.78, 5) is 0. The molecule has 1 aliphatic carbocycles. The zero-order chi connectivity index (χ0) is 14.4. The van der Waals surface area contributed by atoms with Gasteiger partial charge >= 0.3 is 0 Å². The summed E-state index contributed by atoms with van der Waals surface area (Å²) in [5.41, 5.74) is 1.32. The molecule has 1 fully saturated rings. The van der Waals surface area contributed by atoms with Gasteiger partial charge in [-0.25, -0.2) is 0 Å². The first-order chi connectivity index (χ1) is 9.69. The molecule has 0 saturated heterocycles. The molecule has 112 valence electrons. The Balaban J connectivity index is 2.08. The van der Waals surface area contributed by atoms with Crippen molar-refractivity contribution in [1.82, 2.24) is 5.32 Å². The smallest absolute Gasteiger partial charge is 0.0420 e. The van der Waals surface area contributed by atoms with E-state index < -0.39 is 0 Å². The van der Waals surface area contributed by atoms with Gasteiger partial charge in [0.05, 0.1) is 0 Å². The van der Waals surface area contributed by atoms with Crippen molar-refractivity contribution in [2.45, 2.75) is 57.9 Å². The van der Waals surface area contributed by atoms with E-state index >= 15 is 0 Å². The van der Waals surface area contributed by atoms with Crippen LogP contribution in [0.25, 0.3) is 0 Å². The van der Waals surface area contributed by atoms with E-state index in [4.69, 9.17) is 11.6 Å². The van der Waals surface area contributed by atoms with Crippen LogP contribution in [0.15, 0.2) is 22.7 Å². The van der Waals surface area contributed by atoms with E-state index in [1.54, 1.807) is 0 Å². The minimum atomic E-state index is 0.438. The minimum Gasteiger partial charge on any atom is -0.310 e. The van der Waals surface area contributed by atoms with Gasteiger partial charge in [-0.2, -0.15) is 0 Å². The zero-order valence-electron chi connectivity index (χ0n) is 12.3. The number of nitrogens with one attached hydrogen (secondary N) is 1. The Morgan fingerprint density at radius 1 is 1.25 bits per heavy atom. The van der Waals surface area contributed by atoms with Crippen LogP contribution in [0, 0.1) is 5.92 Å². The highest BCUT2D eigenvalue weighted by Gasteiger charge is 2.20. The number of benzene rings is 1. The molecular formula is C17H25BrClN. The third-order valence-electron chi connectivity index (χ3n) is 4.22. The average Bonchev–Trinajstić information content (AvgIpc) is 2.43. The molecule has 0 aliphatic heterocycles. The fourth-order valence-corrected chi connectivity index (χ4v) is 4.07. The maximum absolute atomic E-state index is 6.21. The molecule has 1 unspecified atom stereocenters. The Labute approximate surface area is 136 Å². The molecule has 0 heterocycles. The van der Waals surface area contributed by atoms with E-state index in [-0.39, 0.29) is 0 Å². The van der Waals surface area contributed by atoms with Crippen molar-refractivity contribution in [2.24, 2.45) is 5.92 Å². The molecule has 0 aromatic heterocycles. The standard InChI is InChI=1S/C17H25BrClN/c1-2-8-20-17(9-13-6-4-3-5-7-13)14-10-15(18)12-16(19)11-14/h10-13,17,20H,2-9H2,1H3. The van der Waals surface area contributed by atoms with Gasteiger partial charge in [0.15, 0.2) is 0 Å². The van der Waals surface area contributed by atoms with E-state index in [2.05, 4.69) is 40.3 Å². The average molecular weight is 359 g/mol. The van der Waals surface area contributed by atoms with Crippen LogP contribution in [-0.4, -0.2) is 6.54 Å². The van der Waals surface area contributed by atoms with Crippen molar-refractivity contribution in [2.75, 3.05) is 6.54 Å². The summed E-state index contributed by atoms with van der Waals surface area (Å²) in [6.07, 6.45) is 9.44. The van der Waals surface area contributed by atoms with E-state index in [1.807, 2.05) is 6.07 Å². The Morgan fingerprint density at radius 2 is 2.00 bits per heavy atom. The van der Waals surface area contributed by atoms with Gasteiger partial charge < -0.3 is 5.32 Å². The number of hydrogen-bond acceptors (Lipinski definition) is 1. The molecule has 0 spiro atoms. The molecule has 0 bridgehead atoms. The van der Waals surface area contributed by atoms with E-state index in [0.29, 0.717) is 6.04 Å². The lowest BCUT2D eigenvalue weighted by molar-refractivity contribution is 0.300. The third kappa shape index (κ3) is 5.05. The van der Waals surface area contributed by atoms with Gasteiger partial charge in [-0.15, -0.1) is 0 Å². The normalized spacial score (nSPS) is 18.1. The fourth-order valence-electron chi connectivity index (χ4n) is 3.19. The quantitative estimate of drug-likeness (QED) is 0.646. The Bertz CT molecular complexity index is 395. The molecule has 0 radical (unpaired) electrons. The summed E-state index contributed by atoms with van der Waals surface area (Å²) in [5.74, 6) is 0.871. The molecule has 1 N–H and O–H groups in total. The topological polar surface area (TPSA) is 12.0 Å². The van der Waals surface area contributed by atoms with Crippen molar-refractivity contribution in [3.8, 4) is 0 Å². The van der Waals surface area contributed by atoms with Gasteiger partial charge in [-0.1, -0.05) is 66.6 Å². The Kier molecular flexibility index (Phi) is 6.86. The molecule has 1 nitrogen and oxygen atoms in total. The number of rotatable bonds is 6. The SMILES string of the molecule is CCCNC(CC1CCCCC1)c1cc(Cl)cc(Br)c1. The minimum absolute atomic E-state index is 0.438. The molecule has 1 aromatic rings. The largest absolute Gasteiger partial charge is 0.310 e. The molecule has 2 rings (SSSR count). The van der Waals surface area contributed by atoms with Crippen LogP contribution in [0.5, 0.6) is 0 Å². The van der Waals surface area contributed by atoms with Crippen LogP contribution < -0.4 is 5.32 Å².